The summed E-state index contributed by atoms with van der Waals surface area (Å²) in [7, 11) is 0. The SMILES string of the molecule is Cc1nc(NCc2cn(C(C)C)nc2C)cc(C2CC2)n1. The lowest BCUT2D eigenvalue weighted by Crippen LogP contribution is -2.05. The van der Waals surface area contributed by atoms with Crippen LogP contribution < -0.4 is 5.32 Å². The van der Waals surface area contributed by atoms with Crippen molar-refractivity contribution in [3.05, 3.63) is 35.0 Å². The predicted molar refractivity (Wildman–Crippen MR) is 83.4 cm³/mol. The molecule has 0 radical (unpaired) electrons. The topological polar surface area (TPSA) is 55.6 Å². The number of hydrogen-bond donors (Lipinski definition) is 1. The Morgan fingerprint density at radius 1 is 1.29 bits per heavy atom. The van der Waals surface area contributed by atoms with E-state index in [2.05, 4.69) is 53.4 Å². The van der Waals surface area contributed by atoms with Gasteiger partial charge in [0, 0.05) is 42.0 Å². The molecule has 2 aromatic rings. The summed E-state index contributed by atoms with van der Waals surface area (Å²) in [6, 6.07) is 2.48. The first-order valence-corrected chi connectivity index (χ1v) is 7.67. The molecular weight excluding hydrogens is 262 g/mol. The van der Waals surface area contributed by atoms with E-state index in [9.17, 15) is 0 Å². The first-order chi connectivity index (χ1) is 10.0. The van der Waals surface area contributed by atoms with Crippen molar-refractivity contribution < 1.29 is 0 Å². The molecule has 0 spiro atoms. The Morgan fingerprint density at radius 2 is 2.05 bits per heavy atom. The van der Waals surface area contributed by atoms with Gasteiger partial charge in [-0.15, -0.1) is 0 Å². The van der Waals surface area contributed by atoms with Gasteiger partial charge in [-0.3, -0.25) is 4.68 Å². The van der Waals surface area contributed by atoms with E-state index in [1.807, 2.05) is 11.6 Å². The Morgan fingerprint density at radius 3 is 2.67 bits per heavy atom. The van der Waals surface area contributed by atoms with E-state index in [4.69, 9.17) is 0 Å². The normalized spacial score (nSPS) is 14.7. The molecule has 0 atom stereocenters. The second-order valence-corrected chi connectivity index (χ2v) is 6.17. The van der Waals surface area contributed by atoms with Crippen molar-refractivity contribution >= 4 is 5.82 Å². The van der Waals surface area contributed by atoms with Crippen molar-refractivity contribution in [1.82, 2.24) is 19.7 Å². The largest absolute Gasteiger partial charge is 0.366 e. The lowest BCUT2D eigenvalue weighted by atomic mass is 10.2. The van der Waals surface area contributed by atoms with E-state index in [1.54, 1.807) is 0 Å². The molecule has 5 nitrogen and oxygen atoms in total. The Labute approximate surface area is 125 Å². The van der Waals surface area contributed by atoms with Gasteiger partial charge < -0.3 is 5.32 Å². The number of aryl methyl sites for hydroxylation is 2. The average Bonchev–Trinajstić information content (AvgIpc) is 3.20. The van der Waals surface area contributed by atoms with Crippen LogP contribution in [0.25, 0.3) is 0 Å². The third-order valence-electron chi connectivity index (χ3n) is 3.86. The van der Waals surface area contributed by atoms with Crippen molar-refractivity contribution in [2.24, 2.45) is 0 Å². The average molecular weight is 285 g/mol. The van der Waals surface area contributed by atoms with Crippen LogP contribution in [0.4, 0.5) is 5.82 Å². The molecule has 0 aromatic carbocycles. The van der Waals surface area contributed by atoms with Crippen LogP contribution in [0.3, 0.4) is 0 Å². The van der Waals surface area contributed by atoms with Crippen LogP contribution in [0.2, 0.25) is 0 Å². The van der Waals surface area contributed by atoms with E-state index >= 15 is 0 Å². The highest BCUT2D eigenvalue weighted by Gasteiger charge is 2.25. The van der Waals surface area contributed by atoms with Crippen molar-refractivity contribution in [3.8, 4) is 0 Å². The fourth-order valence-electron chi connectivity index (χ4n) is 2.41. The highest BCUT2D eigenvalue weighted by molar-refractivity contribution is 5.39. The molecule has 0 bridgehead atoms. The number of rotatable bonds is 5. The smallest absolute Gasteiger partial charge is 0.130 e. The molecule has 3 rings (SSSR count). The first kappa shape index (κ1) is 14.0. The summed E-state index contributed by atoms with van der Waals surface area (Å²) in [6.45, 7) is 9.04. The molecule has 1 fully saturated rings. The second-order valence-electron chi connectivity index (χ2n) is 6.17. The highest BCUT2D eigenvalue weighted by Crippen LogP contribution is 2.39. The number of nitrogens with one attached hydrogen (secondary N) is 1. The highest BCUT2D eigenvalue weighted by atomic mass is 15.3. The van der Waals surface area contributed by atoms with Crippen LogP contribution in [0.5, 0.6) is 0 Å². The molecule has 0 aliphatic heterocycles. The summed E-state index contributed by atoms with van der Waals surface area (Å²) in [6.07, 6.45) is 4.63. The van der Waals surface area contributed by atoms with Gasteiger partial charge in [0.15, 0.2) is 0 Å². The minimum Gasteiger partial charge on any atom is -0.366 e. The Kier molecular flexibility index (Phi) is 3.66. The number of hydrogen-bond acceptors (Lipinski definition) is 4. The van der Waals surface area contributed by atoms with Crippen molar-refractivity contribution in [1.29, 1.82) is 0 Å². The van der Waals surface area contributed by atoms with E-state index in [-0.39, 0.29) is 0 Å². The lowest BCUT2D eigenvalue weighted by Gasteiger charge is -2.08. The number of nitrogens with zero attached hydrogens (tertiary/aromatic N) is 4. The molecule has 1 N–H and O–H groups in total. The minimum absolute atomic E-state index is 0.389. The zero-order valence-electron chi connectivity index (χ0n) is 13.2. The molecule has 5 heteroatoms. The lowest BCUT2D eigenvalue weighted by molar-refractivity contribution is 0.529. The fraction of sp³-hybridized carbons (Fsp3) is 0.562. The molecule has 1 aliphatic carbocycles. The van der Waals surface area contributed by atoms with E-state index in [0.29, 0.717) is 12.0 Å². The van der Waals surface area contributed by atoms with E-state index in [0.717, 1.165) is 23.9 Å². The molecule has 0 unspecified atom stereocenters. The third kappa shape index (κ3) is 3.23. The molecule has 112 valence electrons. The predicted octanol–water partition coefficient (Wildman–Crippen LogP) is 3.36. The zero-order valence-corrected chi connectivity index (χ0v) is 13.2. The van der Waals surface area contributed by atoms with E-state index < -0.39 is 0 Å². The maximum Gasteiger partial charge on any atom is 0.130 e. The fourth-order valence-corrected chi connectivity index (χ4v) is 2.41. The summed E-state index contributed by atoms with van der Waals surface area (Å²) in [4.78, 5) is 9.01. The van der Waals surface area contributed by atoms with Crippen LogP contribution in [-0.2, 0) is 6.54 Å². The summed E-state index contributed by atoms with van der Waals surface area (Å²) in [5.74, 6) is 2.41. The van der Waals surface area contributed by atoms with Gasteiger partial charge in [0.05, 0.1) is 5.69 Å². The van der Waals surface area contributed by atoms with Crippen LogP contribution in [0, 0.1) is 13.8 Å². The van der Waals surface area contributed by atoms with Gasteiger partial charge in [0.25, 0.3) is 0 Å². The molecular formula is C16H23N5. The number of aromatic nitrogens is 4. The standard InChI is InChI=1S/C16H23N5/c1-10(2)21-9-14(11(3)20-21)8-17-16-7-15(13-5-6-13)18-12(4)19-16/h7,9-10,13H,5-6,8H2,1-4H3,(H,17,18,19). The van der Waals surface area contributed by atoms with Gasteiger partial charge in [0.2, 0.25) is 0 Å². The summed E-state index contributed by atoms with van der Waals surface area (Å²) in [5.41, 5.74) is 3.47. The maximum absolute atomic E-state index is 4.54. The molecule has 1 aliphatic rings. The van der Waals surface area contributed by atoms with Gasteiger partial charge in [-0.05, 0) is 40.5 Å². The Balaban J connectivity index is 1.72. The number of anilines is 1. The molecule has 2 aromatic heterocycles. The minimum atomic E-state index is 0.389. The first-order valence-electron chi connectivity index (χ1n) is 7.67. The van der Waals surface area contributed by atoms with Crippen molar-refractivity contribution in [3.63, 3.8) is 0 Å². The van der Waals surface area contributed by atoms with Gasteiger partial charge >= 0.3 is 0 Å². The molecule has 1 saturated carbocycles. The Hall–Kier alpha value is -1.91. The molecule has 21 heavy (non-hydrogen) atoms. The van der Waals surface area contributed by atoms with Crippen LogP contribution >= 0.6 is 0 Å². The van der Waals surface area contributed by atoms with Gasteiger partial charge in [-0.25, -0.2) is 9.97 Å². The summed E-state index contributed by atoms with van der Waals surface area (Å²) < 4.78 is 2.01. The van der Waals surface area contributed by atoms with Crippen LogP contribution in [-0.4, -0.2) is 19.7 Å². The van der Waals surface area contributed by atoms with Crippen LogP contribution in [0.15, 0.2) is 12.3 Å². The van der Waals surface area contributed by atoms with Crippen LogP contribution in [0.1, 0.15) is 61.4 Å². The summed E-state index contributed by atoms with van der Waals surface area (Å²) >= 11 is 0. The Bertz CT molecular complexity index is 640. The summed E-state index contributed by atoms with van der Waals surface area (Å²) in [5, 5.41) is 7.95. The second kappa shape index (κ2) is 5.47. The maximum atomic E-state index is 4.54. The third-order valence-corrected chi connectivity index (χ3v) is 3.86. The van der Waals surface area contributed by atoms with Gasteiger partial charge in [-0.2, -0.15) is 5.10 Å². The molecule has 0 saturated heterocycles. The zero-order chi connectivity index (χ0) is 15.0. The van der Waals surface area contributed by atoms with Crippen molar-refractivity contribution in [2.45, 2.75) is 59.0 Å². The van der Waals surface area contributed by atoms with Gasteiger partial charge in [0.1, 0.15) is 11.6 Å². The molecule has 0 amide bonds. The van der Waals surface area contributed by atoms with Gasteiger partial charge in [-0.1, -0.05) is 0 Å². The van der Waals surface area contributed by atoms with E-state index in [1.165, 1.54) is 24.1 Å². The molecule has 2 heterocycles. The van der Waals surface area contributed by atoms with Crippen molar-refractivity contribution in [2.75, 3.05) is 5.32 Å². The quantitative estimate of drug-likeness (QED) is 0.915. The monoisotopic (exact) mass is 285 g/mol.